The summed E-state index contributed by atoms with van der Waals surface area (Å²) in [5.74, 6) is 1.29. The van der Waals surface area contributed by atoms with Crippen molar-refractivity contribution >= 4 is 0 Å². The molecule has 1 aromatic carbocycles. The average Bonchev–Trinajstić information content (AvgIpc) is 2.68. The zero-order valence-electron chi connectivity index (χ0n) is 16.5. The number of aliphatic hydroxyl groups is 1. The van der Waals surface area contributed by atoms with E-state index in [0.717, 1.165) is 19.3 Å². The second-order valence-electron chi connectivity index (χ2n) is 6.42. The molecule has 0 aliphatic rings. The molecule has 0 aliphatic heterocycles. The third kappa shape index (κ3) is 8.92. The highest BCUT2D eigenvalue weighted by atomic mass is 16.9. The molecule has 0 aliphatic carbocycles. The quantitative estimate of drug-likeness (QED) is 0.272. The number of aliphatic hydroxyl groups excluding tert-OH is 1. The van der Waals surface area contributed by atoms with Crippen LogP contribution in [0.2, 0.25) is 0 Å². The van der Waals surface area contributed by atoms with E-state index in [1.807, 2.05) is 0 Å². The van der Waals surface area contributed by atoms with Crippen LogP contribution in [0.1, 0.15) is 46.5 Å². The molecule has 0 heterocycles. The van der Waals surface area contributed by atoms with Gasteiger partial charge in [0.2, 0.25) is 0 Å². The van der Waals surface area contributed by atoms with Crippen molar-refractivity contribution in [2.75, 3.05) is 26.4 Å². The van der Waals surface area contributed by atoms with Gasteiger partial charge in [-0.2, -0.15) is 0 Å². The Bertz CT molecular complexity index is 525. The van der Waals surface area contributed by atoms with Crippen LogP contribution in [-0.4, -0.2) is 48.2 Å². The van der Waals surface area contributed by atoms with Gasteiger partial charge in [0.1, 0.15) is 24.2 Å². The van der Waals surface area contributed by atoms with Gasteiger partial charge in [-0.25, -0.2) is 0 Å². The number of nitrogens with zero attached hydrogens (tertiary/aromatic N) is 1. The average molecular weight is 384 g/mol. The molecule has 27 heavy (non-hydrogen) atoms. The number of hydrogen-bond acceptors (Lipinski definition) is 7. The first-order chi connectivity index (χ1) is 12.9. The van der Waals surface area contributed by atoms with Crippen LogP contribution in [0, 0.1) is 10.1 Å². The number of hydrogen-bond donors (Lipinski definition) is 2. The van der Waals surface area contributed by atoms with Crippen molar-refractivity contribution in [1.82, 2.24) is 5.32 Å². The van der Waals surface area contributed by atoms with Crippen LogP contribution in [0.3, 0.4) is 0 Å². The van der Waals surface area contributed by atoms with Crippen molar-refractivity contribution in [3.63, 3.8) is 0 Å². The van der Waals surface area contributed by atoms with Crippen LogP contribution < -0.4 is 14.8 Å². The standard InChI is InChI=1S/C19H32N2O6/c1-4-19(5-2,6-3)20-14-16(22)15-26-18-10-8-17(9-11-18)25-12-7-13-27-21(23)24/h8-11,16,20,22H,4-7,12-15H2,1-3H3. The van der Waals surface area contributed by atoms with Crippen LogP contribution >= 0.6 is 0 Å². The van der Waals surface area contributed by atoms with E-state index in [9.17, 15) is 15.2 Å². The lowest BCUT2D eigenvalue weighted by Gasteiger charge is -2.33. The highest BCUT2D eigenvalue weighted by molar-refractivity contribution is 5.31. The van der Waals surface area contributed by atoms with E-state index in [-0.39, 0.29) is 18.8 Å². The Morgan fingerprint density at radius 2 is 1.63 bits per heavy atom. The van der Waals surface area contributed by atoms with E-state index in [4.69, 9.17) is 9.47 Å². The van der Waals surface area contributed by atoms with E-state index < -0.39 is 11.2 Å². The summed E-state index contributed by atoms with van der Waals surface area (Å²) in [6, 6.07) is 7.03. The predicted octanol–water partition coefficient (Wildman–Crippen LogP) is 2.96. The molecule has 8 nitrogen and oxygen atoms in total. The molecule has 0 saturated carbocycles. The molecule has 1 atom stereocenters. The smallest absolute Gasteiger partial charge is 0.294 e. The molecule has 0 amide bonds. The summed E-state index contributed by atoms with van der Waals surface area (Å²) in [5.41, 5.74) is 0.0741. The Hall–Kier alpha value is -2.06. The van der Waals surface area contributed by atoms with Gasteiger partial charge in [0.05, 0.1) is 13.2 Å². The number of nitrogens with one attached hydrogen (secondary N) is 1. The highest BCUT2D eigenvalue weighted by Crippen LogP contribution is 2.20. The number of ether oxygens (including phenoxy) is 2. The van der Waals surface area contributed by atoms with Gasteiger partial charge in [0.25, 0.3) is 5.09 Å². The van der Waals surface area contributed by atoms with Crippen LogP contribution in [0.4, 0.5) is 0 Å². The maximum Gasteiger partial charge on any atom is 0.294 e. The largest absolute Gasteiger partial charge is 0.494 e. The Morgan fingerprint density at radius 3 is 2.15 bits per heavy atom. The second kappa shape index (κ2) is 12.3. The molecule has 2 N–H and O–H groups in total. The second-order valence-corrected chi connectivity index (χ2v) is 6.42. The summed E-state index contributed by atoms with van der Waals surface area (Å²) in [4.78, 5) is 14.2. The van der Waals surface area contributed by atoms with Gasteiger partial charge in [0.15, 0.2) is 0 Å². The molecule has 0 aromatic heterocycles. The van der Waals surface area contributed by atoms with E-state index in [2.05, 4.69) is 30.9 Å². The first kappa shape index (κ1) is 23.0. The van der Waals surface area contributed by atoms with Crippen molar-refractivity contribution in [1.29, 1.82) is 0 Å². The summed E-state index contributed by atoms with van der Waals surface area (Å²) >= 11 is 0. The molecule has 8 heteroatoms. The first-order valence-corrected chi connectivity index (χ1v) is 9.50. The number of rotatable bonds is 15. The molecule has 1 unspecified atom stereocenters. The van der Waals surface area contributed by atoms with Crippen molar-refractivity contribution in [2.24, 2.45) is 0 Å². The summed E-state index contributed by atoms with van der Waals surface area (Å²) in [6.45, 7) is 7.50. The van der Waals surface area contributed by atoms with Crippen LogP contribution in [0.5, 0.6) is 11.5 Å². The number of benzene rings is 1. The van der Waals surface area contributed by atoms with Gasteiger partial charge >= 0.3 is 0 Å². The van der Waals surface area contributed by atoms with Crippen LogP contribution in [0.15, 0.2) is 24.3 Å². The predicted molar refractivity (Wildman–Crippen MR) is 103 cm³/mol. The third-order valence-corrected chi connectivity index (χ3v) is 4.76. The Morgan fingerprint density at radius 1 is 1.07 bits per heavy atom. The fourth-order valence-electron chi connectivity index (χ4n) is 2.73. The van der Waals surface area contributed by atoms with Gasteiger partial charge in [-0.3, -0.25) is 0 Å². The molecule has 1 rings (SSSR count). The fourth-order valence-corrected chi connectivity index (χ4v) is 2.73. The van der Waals surface area contributed by atoms with Gasteiger partial charge in [-0.15, -0.1) is 10.1 Å². The minimum Gasteiger partial charge on any atom is -0.494 e. The number of β-amino-alcohol motifs (C(OH)–C–C–N with tert-alkyl or cyclic N) is 1. The van der Waals surface area contributed by atoms with Gasteiger partial charge < -0.3 is 24.7 Å². The molecule has 0 bridgehead atoms. The van der Waals surface area contributed by atoms with E-state index >= 15 is 0 Å². The highest BCUT2D eigenvalue weighted by Gasteiger charge is 2.23. The summed E-state index contributed by atoms with van der Waals surface area (Å²) in [5, 5.41) is 22.8. The third-order valence-electron chi connectivity index (χ3n) is 4.76. The monoisotopic (exact) mass is 384 g/mol. The first-order valence-electron chi connectivity index (χ1n) is 9.50. The van der Waals surface area contributed by atoms with E-state index in [1.165, 1.54) is 0 Å². The lowest BCUT2D eigenvalue weighted by atomic mass is 9.90. The Kier molecular flexibility index (Phi) is 10.5. The van der Waals surface area contributed by atoms with Crippen molar-refractivity contribution in [2.45, 2.75) is 58.1 Å². The molecule has 0 saturated heterocycles. The molecule has 0 fully saturated rings. The Balaban J connectivity index is 2.29. The lowest BCUT2D eigenvalue weighted by molar-refractivity contribution is -0.757. The Labute approximate surface area is 160 Å². The van der Waals surface area contributed by atoms with E-state index in [1.54, 1.807) is 24.3 Å². The van der Waals surface area contributed by atoms with Crippen molar-refractivity contribution in [3.05, 3.63) is 34.4 Å². The van der Waals surface area contributed by atoms with Gasteiger partial charge in [0, 0.05) is 18.5 Å². The minimum atomic E-state index is -0.817. The molecule has 0 radical (unpaired) electrons. The molecular formula is C19H32N2O6. The van der Waals surface area contributed by atoms with Crippen molar-refractivity contribution < 1.29 is 24.5 Å². The maximum absolute atomic E-state index is 10.1. The zero-order chi connectivity index (χ0) is 20.1. The molecule has 154 valence electrons. The minimum absolute atomic E-state index is 0.00942. The van der Waals surface area contributed by atoms with Crippen molar-refractivity contribution in [3.8, 4) is 11.5 Å². The maximum atomic E-state index is 10.1. The van der Waals surface area contributed by atoms with Gasteiger partial charge in [-0.1, -0.05) is 20.8 Å². The zero-order valence-corrected chi connectivity index (χ0v) is 16.5. The van der Waals surface area contributed by atoms with Crippen LogP contribution in [-0.2, 0) is 4.84 Å². The topological polar surface area (TPSA) is 103 Å². The summed E-state index contributed by atoms with van der Waals surface area (Å²) in [6.07, 6.45) is 2.90. The lowest BCUT2D eigenvalue weighted by Crippen LogP contribution is -2.47. The van der Waals surface area contributed by atoms with Crippen LogP contribution in [0.25, 0.3) is 0 Å². The fraction of sp³-hybridized carbons (Fsp3) is 0.684. The molecular weight excluding hydrogens is 352 g/mol. The SMILES string of the molecule is CCC(CC)(CC)NCC(O)COc1ccc(OCCCO[N+](=O)[O-])cc1. The summed E-state index contributed by atoms with van der Waals surface area (Å²) < 4.78 is 11.1. The molecule has 0 spiro atoms. The normalized spacial score (nSPS) is 12.4. The van der Waals surface area contributed by atoms with E-state index in [0.29, 0.717) is 31.1 Å². The van der Waals surface area contributed by atoms with Gasteiger partial charge in [-0.05, 0) is 43.5 Å². The summed E-state index contributed by atoms with van der Waals surface area (Å²) in [7, 11) is 0. The molecule has 1 aromatic rings.